The summed E-state index contributed by atoms with van der Waals surface area (Å²) in [7, 11) is 1.56. The number of benzene rings is 1. The van der Waals surface area contributed by atoms with E-state index in [0.29, 0.717) is 28.1 Å². The van der Waals surface area contributed by atoms with Gasteiger partial charge in [0.1, 0.15) is 5.75 Å². The molecular weight excluding hydrogens is 278 g/mol. The van der Waals surface area contributed by atoms with Gasteiger partial charge in [-0.3, -0.25) is 0 Å². The largest absolute Gasteiger partial charge is 0.494 e. The summed E-state index contributed by atoms with van der Waals surface area (Å²) in [4.78, 5) is 4.23. The summed E-state index contributed by atoms with van der Waals surface area (Å²) in [5.41, 5.74) is 7.21. The van der Waals surface area contributed by atoms with Gasteiger partial charge in [-0.1, -0.05) is 37.5 Å². The molecule has 1 aromatic carbocycles. The smallest absolute Gasteiger partial charge is 0.240 e. The van der Waals surface area contributed by atoms with E-state index in [-0.39, 0.29) is 12.0 Å². The summed E-state index contributed by atoms with van der Waals surface area (Å²) >= 11 is 6.30. The normalized spacial score (nSPS) is 11.7. The topological polar surface area (TPSA) is 74.2 Å². The van der Waals surface area contributed by atoms with Crippen LogP contribution in [0.15, 0.2) is 16.7 Å². The van der Waals surface area contributed by atoms with Crippen LogP contribution in [0.5, 0.6) is 5.75 Å². The Morgan fingerprint density at radius 3 is 2.55 bits per heavy atom. The fraction of sp³-hybridized carbons (Fsp3) is 0.429. The number of hydrogen-bond acceptors (Lipinski definition) is 5. The quantitative estimate of drug-likeness (QED) is 0.941. The highest BCUT2D eigenvalue weighted by Gasteiger charge is 2.22. The predicted octanol–water partition coefficient (Wildman–Crippen LogP) is 3.15. The van der Waals surface area contributed by atoms with E-state index in [1.165, 1.54) is 0 Å². The van der Waals surface area contributed by atoms with Gasteiger partial charge in [0.05, 0.1) is 24.2 Å². The molecule has 108 valence electrons. The molecule has 2 rings (SSSR count). The molecule has 0 radical (unpaired) electrons. The lowest BCUT2D eigenvalue weighted by Gasteiger charge is -2.21. The molecule has 0 bridgehead atoms. The van der Waals surface area contributed by atoms with Crippen LogP contribution in [-0.4, -0.2) is 17.3 Å². The maximum absolute atomic E-state index is 6.30. The van der Waals surface area contributed by atoms with Crippen LogP contribution in [-0.2, 0) is 12.0 Å². The molecule has 1 aromatic heterocycles. The van der Waals surface area contributed by atoms with Crippen molar-refractivity contribution in [2.24, 2.45) is 5.73 Å². The molecule has 0 amide bonds. The Labute approximate surface area is 123 Å². The Morgan fingerprint density at radius 2 is 2.05 bits per heavy atom. The molecule has 0 unspecified atom stereocenters. The minimum atomic E-state index is -0.0505. The number of nitrogens with zero attached hydrogens (tertiary/aromatic N) is 2. The van der Waals surface area contributed by atoms with E-state index in [2.05, 4.69) is 30.9 Å². The molecule has 0 fully saturated rings. The Bertz CT molecular complexity index is 617. The lowest BCUT2D eigenvalue weighted by atomic mass is 9.86. The third kappa shape index (κ3) is 2.78. The summed E-state index contributed by atoms with van der Waals surface area (Å²) in [5, 5.41) is 4.45. The molecule has 0 aliphatic carbocycles. The lowest BCUT2D eigenvalue weighted by molar-refractivity contribution is 0.379. The fourth-order valence-corrected chi connectivity index (χ4v) is 2.14. The number of nitrogens with two attached hydrogens (primary N) is 1. The second-order valence-electron chi connectivity index (χ2n) is 5.50. The van der Waals surface area contributed by atoms with Crippen molar-refractivity contribution in [2.45, 2.75) is 32.7 Å². The van der Waals surface area contributed by atoms with Crippen LogP contribution in [0.2, 0.25) is 5.02 Å². The molecule has 0 saturated carbocycles. The van der Waals surface area contributed by atoms with E-state index in [4.69, 9.17) is 26.6 Å². The summed E-state index contributed by atoms with van der Waals surface area (Å²) in [6.07, 6.45) is 0. The van der Waals surface area contributed by atoms with Crippen molar-refractivity contribution in [1.29, 1.82) is 0 Å². The van der Waals surface area contributed by atoms with Gasteiger partial charge in [0.25, 0.3) is 0 Å². The molecule has 0 spiro atoms. The van der Waals surface area contributed by atoms with Gasteiger partial charge < -0.3 is 15.0 Å². The first kappa shape index (κ1) is 14.8. The van der Waals surface area contributed by atoms with Gasteiger partial charge in [-0.05, 0) is 23.1 Å². The highest BCUT2D eigenvalue weighted by molar-refractivity contribution is 6.32. The fourth-order valence-electron chi connectivity index (χ4n) is 1.85. The summed E-state index contributed by atoms with van der Waals surface area (Å²) in [6, 6.07) is 3.86. The zero-order valence-corrected chi connectivity index (χ0v) is 12.8. The molecule has 0 aliphatic heterocycles. The standard InChI is InChI=1S/C14H18ClN3O2/c1-14(2,3)8-5-9(12(19-4)10(15)6-8)13-17-11(7-16)20-18-13/h5-6H,7,16H2,1-4H3. The van der Waals surface area contributed by atoms with Crippen LogP contribution in [0.3, 0.4) is 0 Å². The number of hydrogen-bond donors (Lipinski definition) is 1. The SMILES string of the molecule is COc1c(Cl)cc(C(C)(C)C)cc1-c1noc(CN)n1. The monoisotopic (exact) mass is 295 g/mol. The first-order valence-electron chi connectivity index (χ1n) is 6.28. The second kappa shape index (κ2) is 5.42. The highest BCUT2D eigenvalue weighted by Crippen LogP contribution is 2.39. The Morgan fingerprint density at radius 1 is 1.35 bits per heavy atom. The number of aromatic nitrogens is 2. The summed E-state index contributed by atoms with van der Waals surface area (Å²) in [5.74, 6) is 1.33. The Balaban J connectivity index is 2.63. The molecule has 0 aliphatic rings. The molecule has 0 saturated heterocycles. The van der Waals surface area contributed by atoms with Gasteiger partial charge in [0, 0.05) is 0 Å². The molecule has 2 N–H and O–H groups in total. The third-order valence-electron chi connectivity index (χ3n) is 3.00. The molecule has 2 aromatic rings. The van der Waals surface area contributed by atoms with Crippen LogP contribution < -0.4 is 10.5 Å². The Hall–Kier alpha value is -1.59. The Kier molecular flexibility index (Phi) is 4.01. The van der Waals surface area contributed by atoms with Crippen LogP contribution >= 0.6 is 11.6 Å². The molecule has 5 nitrogen and oxygen atoms in total. The summed E-state index contributed by atoms with van der Waals surface area (Å²) in [6.45, 7) is 6.52. The van der Waals surface area contributed by atoms with Gasteiger partial charge in [-0.2, -0.15) is 4.98 Å². The van der Waals surface area contributed by atoms with Crippen molar-refractivity contribution in [1.82, 2.24) is 10.1 Å². The second-order valence-corrected chi connectivity index (χ2v) is 5.91. The van der Waals surface area contributed by atoms with E-state index in [9.17, 15) is 0 Å². The van der Waals surface area contributed by atoms with Crippen LogP contribution in [0.25, 0.3) is 11.4 Å². The predicted molar refractivity (Wildman–Crippen MR) is 77.9 cm³/mol. The molecule has 0 atom stereocenters. The third-order valence-corrected chi connectivity index (χ3v) is 3.28. The van der Waals surface area contributed by atoms with Crippen LogP contribution in [0.4, 0.5) is 0 Å². The first-order chi connectivity index (χ1) is 9.36. The zero-order valence-electron chi connectivity index (χ0n) is 12.0. The lowest BCUT2D eigenvalue weighted by Crippen LogP contribution is -2.11. The number of halogens is 1. The molecule has 6 heteroatoms. The molecular formula is C14H18ClN3O2. The van der Waals surface area contributed by atoms with Crippen LogP contribution in [0, 0.1) is 0 Å². The van der Waals surface area contributed by atoms with E-state index in [1.54, 1.807) is 7.11 Å². The van der Waals surface area contributed by atoms with Gasteiger partial charge >= 0.3 is 0 Å². The van der Waals surface area contributed by atoms with E-state index >= 15 is 0 Å². The van der Waals surface area contributed by atoms with E-state index < -0.39 is 0 Å². The van der Waals surface area contributed by atoms with Gasteiger partial charge in [0.15, 0.2) is 0 Å². The van der Waals surface area contributed by atoms with Crippen molar-refractivity contribution in [3.63, 3.8) is 0 Å². The van der Waals surface area contributed by atoms with Crippen molar-refractivity contribution in [2.75, 3.05) is 7.11 Å². The van der Waals surface area contributed by atoms with Crippen molar-refractivity contribution in [3.8, 4) is 17.1 Å². The maximum atomic E-state index is 6.30. The first-order valence-corrected chi connectivity index (χ1v) is 6.65. The van der Waals surface area contributed by atoms with Crippen LogP contribution in [0.1, 0.15) is 32.2 Å². The van der Waals surface area contributed by atoms with Crippen molar-refractivity contribution < 1.29 is 9.26 Å². The van der Waals surface area contributed by atoms with Gasteiger partial charge in [-0.25, -0.2) is 0 Å². The van der Waals surface area contributed by atoms with E-state index in [0.717, 1.165) is 5.56 Å². The highest BCUT2D eigenvalue weighted by atomic mass is 35.5. The minimum absolute atomic E-state index is 0.0505. The van der Waals surface area contributed by atoms with Gasteiger partial charge in [0.2, 0.25) is 11.7 Å². The van der Waals surface area contributed by atoms with Crippen molar-refractivity contribution in [3.05, 3.63) is 28.6 Å². The average molecular weight is 296 g/mol. The summed E-state index contributed by atoms with van der Waals surface area (Å²) < 4.78 is 10.4. The number of rotatable bonds is 3. The average Bonchev–Trinajstić information content (AvgIpc) is 2.85. The zero-order chi connectivity index (χ0) is 14.9. The number of ether oxygens (including phenoxy) is 1. The van der Waals surface area contributed by atoms with Crippen molar-refractivity contribution >= 4 is 11.6 Å². The molecule has 20 heavy (non-hydrogen) atoms. The maximum Gasteiger partial charge on any atom is 0.240 e. The van der Waals surface area contributed by atoms with Gasteiger partial charge in [-0.15, -0.1) is 0 Å². The molecule has 1 heterocycles. The minimum Gasteiger partial charge on any atom is -0.494 e. The van der Waals surface area contributed by atoms with E-state index in [1.807, 2.05) is 12.1 Å². The number of methoxy groups -OCH3 is 1.